The van der Waals surface area contributed by atoms with Crippen LogP contribution in [0.25, 0.3) is 0 Å². The molecular weight excluding hydrogens is 252 g/mol. The summed E-state index contributed by atoms with van der Waals surface area (Å²) in [5, 5.41) is 8.58. The number of carboxylic acids is 1. The van der Waals surface area contributed by atoms with E-state index in [0.29, 0.717) is 5.75 Å². The van der Waals surface area contributed by atoms with Gasteiger partial charge in [0.25, 0.3) is 5.78 Å². The van der Waals surface area contributed by atoms with Crippen molar-refractivity contribution in [3.05, 3.63) is 29.8 Å². The van der Waals surface area contributed by atoms with Crippen LogP contribution in [-0.2, 0) is 4.79 Å². The van der Waals surface area contributed by atoms with Gasteiger partial charge >= 0.3 is 5.97 Å². The average molecular weight is 266 g/mol. The van der Waals surface area contributed by atoms with Crippen molar-refractivity contribution in [2.75, 3.05) is 11.5 Å². The Morgan fingerprint density at radius 1 is 1.28 bits per heavy atom. The zero-order chi connectivity index (χ0) is 13.0. The van der Waals surface area contributed by atoms with E-state index in [0.717, 1.165) is 18.6 Å². The Labute approximate surface area is 109 Å². The summed E-state index contributed by atoms with van der Waals surface area (Å²) in [4.78, 5) is 21.7. The maximum absolute atomic E-state index is 11.2. The number of aliphatic carboxylic acids is 1. The van der Waals surface area contributed by atoms with Crippen molar-refractivity contribution >= 4 is 23.5 Å². The molecule has 1 aliphatic heterocycles. The maximum atomic E-state index is 11.2. The molecule has 0 spiro atoms. The van der Waals surface area contributed by atoms with Gasteiger partial charge in [0, 0.05) is 11.3 Å². The number of rotatable bonds is 4. The summed E-state index contributed by atoms with van der Waals surface area (Å²) >= 11 is 1.88. The Morgan fingerprint density at radius 3 is 2.56 bits per heavy atom. The first kappa shape index (κ1) is 13.0. The van der Waals surface area contributed by atoms with E-state index in [1.807, 2.05) is 11.8 Å². The molecule has 1 saturated heterocycles. The van der Waals surface area contributed by atoms with Gasteiger partial charge < -0.3 is 9.84 Å². The molecule has 1 aromatic rings. The fraction of sp³-hybridized carbons (Fsp3) is 0.385. The first-order chi connectivity index (χ1) is 8.66. The van der Waals surface area contributed by atoms with E-state index < -0.39 is 11.8 Å². The monoisotopic (exact) mass is 266 g/mol. The normalized spacial score (nSPS) is 19.2. The number of carbonyl (C=O) groups is 2. The van der Waals surface area contributed by atoms with Gasteiger partial charge in [0.2, 0.25) is 0 Å². The average Bonchev–Trinajstić information content (AvgIpc) is 2.40. The SMILES string of the molecule is O=C(O)C(=O)c1ccc(OC2CCCSC2)cc1. The summed E-state index contributed by atoms with van der Waals surface area (Å²) in [6.07, 6.45) is 2.41. The molecule has 0 aromatic heterocycles. The summed E-state index contributed by atoms with van der Waals surface area (Å²) in [7, 11) is 0. The summed E-state index contributed by atoms with van der Waals surface area (Å²) in [6.45, 7) is 0. The third-order valence-electron chi connectivity index (χ3n) is 2.73. The van der Waals surface area contributed by atoms with Crippen molar-refractivity contribution in [2.45, 2.75) is 18.9 Å². The lowest BCUT2D eigenvalue weighted by atomic mass is 10.1. The predicted molar refractivity (Wildman–Crippen MR) is 69.4 cm³/mol. The zero-order valence-electron chi connectivity index (χ0n) is 9.80. The van der Waals surface area contributed by atoms with Crippen molar-refractivity contribution in [2.24, 2.45) is 0 Å². The smallest absolute Gasteiger partial charge is 0.377 e. The number of hydrogen-bond acceptors (Lipinski definition) is 4. The number of ether oxygens (including phenoxy) is 1. The number of carboxylic acid groups (broad SMARTS) is 1. The van der Waals surface area contributed by atoms with E-state index in [4.69, 9.17) is 9.84 Å². The van der Waals surface area contributed by atoms with Crippen LogP contribution >= 0.6 is 11.8 Å². The highest BCUT2D eigenvalue weighted by atomic mass is 32.2. The largest absolute Gasteiger partial charge is 0.490 e. The van der Waals surface area contributed by atoms with Crippen molar-refractivity contribution < 1.29 is 19.4 Å². The van der Waals surface area contributed by atoms with Gasteiger partial charge in [-0.1, -0.05) is 0 Å². The predicted octanol–water partition coefficient (Wildman–Crippen LogP) is 2.23. The van der Waals surface area contributed by atoms with Gasteiger partial charge in [0.05, 0.1) is 0 Å². The molecule has 0 aliphatic carbocycles. The molecule has 96 valence electrons. The van der Waals surface area contributed by atoms with E-state index in [2.05, 4.69) is 0 Å². The minimum atomic E-state index is -1.44. The molecular formula is C13H14O4S. The Bertz CT molecular complexity index is 435. The minimum absolute atomic E-state index is 0.174. The zero-order valence-corrected chi connectivity index (χ0v) is 10.6. The standard InChI is InChI=1S/C13H14O4S/c14-12(13(15)16)9-3-5-10(6-4-9)17-11-2-1-7-18-8-11/h3-6,11H,1-2,7-8H2,(H,15,16). The Kier molecular flexibility index (Phi) is 4.25. The third-order valence-corrected chi connectivity index (χ3v) is 3.92. The highest BCUT2D eigenvalue weighted by Gasteiger charge is 2.17. The Morgan fingerprint density at radius 2 is 2.00 bits per heavy atom. The summed E-state index contributed by atoms with van der Waals surface area (Å²) in [5.41, 5.74) is 0.174. The summed E-state index contributed by atoms with van der Waals surface area (Å²) in [5.74, 6) is 0.522. The van der Waals surface area contributed by atoms with Crippen molar-refractivity contribution in [1.29, 1.82) is 0 Å². The van der Waals surface area contributed by atoms with Crippen LogP contribution in [0.2, 0.25) is 0 Å². The lowest BCUT2D eigenvalue weighted by Gasteiger charge is -2.22. The molecule has 1 aliphatic rings. The number of benzene rings is 1. The third kappa shape index (κ3) is 3.26. The topological polar surface area (TPSA) is 63.6 Å². The van der Waals surface area contributed by atoms with E-state index in [9.17, 15) is 9.59 Å². The lowest BCUT2D eigenvalue weighted by Crippen LogP contribution is -2.23. The second-order valence-electron chi connectivity index (χ2n) is 4.12. The van der Waals surface area contributed by atoms with Crippen LogP contribution in [0.4, 0.5) is 0 Å². The molecule has 1 aromatic carbocycles. The molecule has 18 heavy (non-hydrogen) atoms. The van der Waals surface area contributed by atoms with E-state index in [1.165, 1.54) is 17.9 Å². The van der Waals surface area contributed by atoms with Gasteiger partial charge in [-0.3, -0.25) is 4.79 Å². The molecule has 1 heterocycles. The maximum Gasteiger partial charge on any atom is 0.377 e. The molecule has 0 bridgehead atoms. The van der Waals surface area contributed by atoms with E-state index in [-0.39, 0.29) is 11.7 Å². The Balaban J connectivity index is 1.98. The molecule has 1 unspecified atom stereocenters. The van der Waals surface area contributed by atoms with Crippen LogP contribution in [0.15, 0.2) is 24.3 Å². The fourth-order valence-electron chi connectivity index (χ4n) is 1.80. The van der Waals surface area contributed by atoms with Gasteiger partial charge in [0.15, 0.2) is 0 Å². The molecule has 5 heteroatoms. The molecule has 2 rings (SSSR count). The molecule has 0 amide bonds. The summed E-state index contributed by atoms with van der Waals surface area (Å²) < 4.78 is 5.77. The first-order valence-corrected chi connectivity index (χ1v) is 6.94. The van der Waals surface area contributed by atoms with Gasteiger partial charge in [-0.05, 0) is 42.9 Å². The highest BCUT2D eigenvalue weighted by Crippen LogP contribution is 2.22. The van der Waals surface area contributed by atoms with Crippen LogP contribution in [0.1, 0.15) is 23.2 Å². The number of thioether (sulfide) groups is 1. The molecule has 1 N–H and O–H groups in total. The van der Waals surface area contributed by atoms with Crippen LogP contribution in [-0.4, -0.2) is 34.5 Å². The molecule has 1 fully saturated rings. The van der Waals surface area contributed by atoms with Gasteiger partial charge in [-0.2, -0.15) is 11.8 Å². The van der Waals surface area contributed by atoms with E-state index in [1.54, 1.807) is 12.1 Å². The highest BCUT2D eigenvalue weighted by molar-refractivity contribution is 7.99. The molecule has 4 nitrogen and oxygen atoms in total. The first-order valence-electron chi connectivity index (χ1n) is 5.79. The van der Waals surface area contributed by atoms with Crippen molar-refractivity contribution in [3.8, 4) is 5.75 Å². The number of Topliss-reactive ketones (excluding diaryl/α,β-unsaturated/α-hetero) is 1. The molecule has 1 atom stereocenters. The van der Waals surface area contributed by atoms with Crippen LogP contribution in [0.3, 0.4) is 0 Å². The van der Waals surface area contributed by atoms with Crippen LogP contribution in [0.5, 0.6) is 5.75 Å². The van der Waals surface area contributed by atoms with Crippen LogP contribution in [0, 0.1) is 0 Å². The quantitative estimate of drug-likeness (QED) is 0.668. The summed E-state index contributed by atoms with van der Waals surface area (Å²) in [6, 6.07) is 6.27. The second-order valence-corrected chi connectivity index (χ2v) is 5.27. The van der Waals surface area contributed by atoms with E-state index >= 15 is 0 Å². The van der Waals surface area contributed by atoms with Gasteiger partial charge in [-0.25, -0.2) is 4.79 Å². The van der Waals surface area contributed by atoms with Crippen molar-refractivity contribution in [1.82, 2.24) is 0 Å². The number of hydrogen-bond donors (Lipinski definition) is 1. The number of ketones is 1. The molecule has 0 saturated carbocycles. The van der Waals surface area contributed by atoms with Crippen molar-refractivity contribution in [3.63, 3.8) is 0 Å². The molecule has 0 radical (unpaired) electrons. The lowest BCUT2D eigenvalue weighted by molar-refractivity contribution is -0.131. The van der Waals surface area contributed by atoms with Crippen LogP contribution < -0.4 is 4.74 Å². The fourth-order valence-corrected chi connectivity index (χ4v) is 2.84. The number of carbonyl (C=O) groups excluding carboxylic acids is 1. The second kappa shape index (κ2) is 5.91. The van der Waals surface area contributed by atoms with Gasteiger partial charge in [0.1, 0.15) is 11.9 Å². The van der Waals surface area contributed by atoms with Gasteiger partial charge in [-0.15, -0.1) is 0 Å². The minimum Gasteiger partial charge on any atom is -0.490 e. The Hall–Kier alpha value is -1.49.